The van der Waals surface area contributed by atoms with E-state index in [0.717, 1.165) is 31.0 Å². The van der Waals surface area contributed by atoms with Crippen molar-refractivity contribution in [2.24, 2.45) is 0 Å². The van der Waals surface area contributed by atoms with Gasteiger partial charge < -0.3 is 0 Å². The van der Waals surface area contributed by atoms with Gasteiger partial charge in [-0.15, -0.1) is 11.8 Å². The van der Waals surface area contributed by atoms with E-state index in [2.05, 4.69) is 29.2 Å². The molecule has 3 rings (SSSR count). The van der Waals surface area contributed by atoms with Crippen molar-refractivity contribution in [2.45, 2.75) is 28.9 Å². The minimum atomic E-state index is -2.98. The molecule has 2 aliphatic heterocycles. The van der Waals surface area contributed by atoms with Crippen LogP contribution in [-0.2, 0) is 16.3 Å². The molecule has 0 aromatic heterocycles. The van der Waals surface area contributed by atoms with Crippen molar-refractivity contribution in [1.29, 1.82) is 0 Å². The molecule has 116 valence electrons. The summed E-state index contributed by atoms with van der Waals surface area (Å²) in [5.74, 6) is 2.01. The van der Waals surface area contributed by atoms with Crippen molar-refractivity contribution < 1.29 is 8.42 Å². The van der Waals surface area contributed by atoms with Crippen molar-refractivity contribution in [1.82, 2.24) is 4.90 Å². The third kappa shape index (κ3) is 3.44. The predicted octanol–water partition coefficient (Wildman–Crippen LogP) is 2.51. The molecule has 1 saturated heterocycles. The number of benzene rings is 1. The van der Waals surface area contributed by atoms with Crippen molar-refractivity contribution in [3.8, 4) is 0 Å². The van der Waals surface area contributed by atoms with E-state index in [4.69, 9.17) is 0 Å². The van der Waals surface area contributed by atoms with Crippen LogP contribution in [0, 0.1) is 0 Å². The normalized spacial score (nSPS) is 26.7. The number of rotatable bonds is 4. The first-order valence-corrected chi connectivity index (χ1v) is 11.1. The Balaban J connectivity index is 1.69. The van der Waals surface area contributed by atoms with Gasteiger partial charge in [0, 0.05) is 40.5 Å². The molecular weight excluding hydrogens is 322 g/mol. The summed E-state index contributed by atoms with van der Waals surface area (Å²) in [5.41, 5.74) is 1.41. The van der Waals surface area contributed by atoms with Gasteiger partial charge in [0.25, 0.3) is 0 Å². The lowest BCUT2D eigenvalue weighted by Crippen LogP contribution is -2.49. The Morgan fingerprint density at radius 2 is 2.14 bits per heavy atom. The molecule has 0 bridgehead atoms. The second-order valence-electron chi connectivity index (χ2n) is 5.53. The fraction of sp³-hybridized carbons (Fsp3) is 0.600. The molecule has 2 unspecified atom stereocenters. The first-order valence-electron chi connectivity index (χ1n) is 7.38. The number of sulfone groups is 1. The molecule has 0 N–H and O–H groups in total. The average molecular weight is 344 g/mol. The van der Waals surface area contributed by atoms with E-state index in [1.165, 1.54) is 10.5 Å². The van der Waals surface area contributed by atoms with Gasteiger partial charge in [-0.25, -0.2) is 8.42 Å². The second-order valence-corrected chi connectivity index (χ2v) is 10.5. The largest absolute Gasteiger partial charge is 0.285 e. The highest BCUT2D eigenvalue weighted by molar-refractivity contribution is 8.01. The molecule has 2 aliphatic rings. The van der Waals surface area contributed by atoms with Gasteiger partial charge in [0.05, 0.1) is 0 Å². The Morgan fingerprint density at radius 3 is 2.90 bits per heavy atom. The van der Waals surface area contributed by atoms with Crippen LogP contribution in [0.3, 0.4) is 0 Å². The second kappa shape index (κ2) is 6.52. The number of thioether (sulfide) groups is 2. The van der Waals surface area contributed by atoms with Crippen LogP contribution in [0.15, 0.2) is 29.2 Å². The molecular formula is C15H21NO2S3. The summed E-state index contributed by atoms with van der Waals surface area (Å²) in [5, 5.41) is 0.200. The van der Waals surface area contributed by atoms with Crippen LogP contribution in [0.4, 0.5) is 0 Å². The minimum absolute atomic E-state index is 0.243. The molecule has 0 radical (unpaired) electrons. The first kappa shape index (κ1) is 15.7. The Hall–Kier alpha value is -0.170. The molecule has 0 spiro atoms. The SMILES string of the molecule is CCS(=O)(=O)C1CSCCN1CC1Cc2ccccc2S1. The van der Waals surface area contributed by atoms with Crippen LogP contribution in [0.2, 0.25) is 0 Å². The fourth-order valence-electron chi connectivity index (χ4n) is 2.96. The molecule has 3 nitrogen and oxygen atoms in total. The summed E-state index contributed by atoms with van der Waals surface area (Å²) in [6, 6.07) is 8.53. The van der Waals surface area contributed by atoms with E-state index in [0.29, 0.717) is 5.25 Å². The third-order valence-electron chi connectivity index (χ3n) is 4.16. The summed E-state index contributed by atoms with van der Waals surface area (Å²) in [6.07, 6.45) is 1.06. The van der Waals surface area contributed by atoms with Crippen molar-refractivity contribution in [3.05, 3.63) is 29.8 Å². The van der Waals surface area contributed by atoms with Gasteiger partial charge in [-0.1, -0.05) is 25.1 Å². The van der Waals surface area contributed by atoms with Crippen LogP contribution in [0.25, 0.3) is 0 Å². The molecule has 2 heterocycles. The Labute approximate surface area is 135 Å². The zero-order chi connectivity index (χ0) is 14.9. The van der Waals surface area contributed by atoms with Gasteiger partial charge in [-0.3, -0.25) is 4.90 Å². The molecule has 2 atom stereocenters. The molecule has 0 amide bonds. The van der Waals surface area contributed by atoms with Crippen molar-refractivity contribution in [3.63, 3.8) is 0 Å². The van der Waals surface area contributed by atoms with Gasteiger partial charge in [0.1, 0.15) is 5.37 Å². The highest BCUT2D eigenvalue weighted by Gasteiger charge is 2.35. The molecule has 1 aromatic carbocycles. The molecule has 1 aromatic rings. The van der Waals surface area contributed by atoms with E-state index in [-0.39, 0.29) is 11.1 Å². The molecule has 1 fully saturated rings. The van der Waals surface area contributed by atoms with E-state index in [1.54, 1.807) is 18.7 Å². The highest BCUT2D eigenvalue weighted by Crippen LogP contribution is 2.37. The predicted molar refractivity (Wildman–Crippen MR) is 91.9 cm³/mol. The average Bonchev–Trinajstić information content (AvgIpc) is 2.90. The van der Waals surface area contributed by atoms with Gasteiger partial charge >= 0.3 is 0 Å². The molecule has 0 saturated carbocycles. The number of fused-ring (bicyclic) bond motifs is 1. The standard InChI is InChI=1S/C15H21NO2S3/c1-2-21(17,18)15-11-19-8-7-16(15)10-13-9-12-5-3-4-6-14(12)20-13/h3-6,13,15H,2,7-11H2,1H3. The zero-order valence-electron chi connectivity index (χ0n) is 12.2. The molecule has 6 heteroatoms. The minimum Gasteiger partial charge on any atom is -0.285 e. The monoisotopic (exact) mass is 343 g/mol. The fourth-order valence-corrected chi connectivity index (χ4v) is 7.40. The van der Waals surface area contributed by atoms with Gasteiger partial charge in [0.2, 0.25) is 0 Å². The van der Waals surface area contributed by atoms with Crippen molar-refractivity contribution >= 4 is 33.4 Å². The quantitative estimate of drug-likeness (QED) is 0.840. The van der Waals surface area contributed by atoms with E-state index in [1.807, 2.05) is 11.8 Å². The first-order chi connectivity index (χ1) is 10.1. The van der Waals surface area contributed by atoms with Gasteiger partial charge in [-0.2, -0.15) is 11.8 Å². The number of nitrogens with zero attached hydrogens (tertiary/aromatic N) is 1. The van der Waals surface area contributed by atoms with Crippen LogP contribution in [0.5, 0.6) is 0 Å². The summed E-state index contributed by atoms with van der Waals surface area (Å²) in [7, 11) is -2.98. The Kier molecular flexibility index (Phi) is 4.88. The lowest BCUT2D eigenvalue weighted by atomic mass is 10.1. The van der Waals surface area contributed by atoms with Gasteiger partial charge in [0.15, 0.2) is 9.84 Å². The maximum absolute atomic E-state index is 12.3. The number of hydrogen-bond donors (Lipinski definition) is 0. The summed E-state index contributed by atoms with van der Waals surface area (Å²) < 4.78 is 24.6. The summed E-state index contributed by atoms with van der Waals surface area (Å²) >= 11 is 3.67. The maximum Gasteiger partial charge on any atom is 0.166 e. The smallest absolute Gasteiger partial charge is 0.166 e. The topological polar surface area (TPSA) is 37.4 Å². The van der Waals surface area contributed by atoms with E-state index in [9.17, 15) is 8.42 Å². The lowest BCUT2D eigenvalue weighted by molar-refractivity contribution is 0.271. The summed E-state index contributed by atoms with van der Waals surface area (Å²) in [4.78, 5) is 3.57. The van der Waals surface area contributed by atoms with Crippen LogP contribution >= 0.6 is 23.5 Å². The zero-order valence-corrected chi connectivity index (χ0v) is 14.6. The van der Waals surface area contributed by atoms with Gasteiger partial charge in [-0.05, 0) is 18.1 Å². The summed E-state index contributed by atoms with van der Waals surface area (Å²) in [6.45, 7) is 3.53. The Morgan fingerprint density at radius 1 is 1.33 bits per heavy atom. The lowest BCUT2D eigenvalue weighted by Gasteiger charge is -2.36. The number of hydrogen-bond acceptors (Lipinski definition) is 5. The Bertz CT molecular complexity index is 578. The van der Waals surface area contributed by atoms with E-state index < -0.39 is 9.84 Å². The van der Waals surface area contributed by atoms with Crippen LogP contribution in [-0.4, -0.2) is 54.3 Å². The van der Waals surface area contributed by atoms with E-state index >= 15 is 0 Å². The van der Waals surface area contributed by atoms with Crippen molar-refractivity contribution in [2.75, 3.05) is 30.3 Å². The third-order valence-corrected chi connectivity index (χ3v) is 8.79. The molecule has 21 heavy (non-hydrogen) atoms. The molecule has 0 aliphatic carbocycles. The highest BCUT2D eigenvalue weighted by atomic mass is 32.2. The maximum atomic E-state index is 12.3. The van der Waals surface area contributed by atoms with Crippen LogP contribution < -0.4 is 0 Å². The van der Waals surface area contributed by atoms with Crippen LogP contribution in [0.1, 0.15) is 12.5 Å².